The molecule has 4 nitrogen and oxygen atoms in total. The molecule has 0 aliphatic carbocycles. The van der Waals surface area contributed by atoms with E-state index >= 15 is 0 Å². The standard InChI is InChI=1S/C11H14O4S/c1-11(14,10(12)13)7-16-9-5-3-8(15-2)4-6-9/h3-6,14H,7H2,1-2H3,(H,12,13). The van der Waals surface area contributed by atoms with Gasteiger partial charge in [-0.3, -0.25) is 0 Å². The van der Waals surface area contributed by atoms with E-state index in [0.717, 1.165) is 10.6 Å². The Bertz CT molecular complexity index is 359. The fourth-order valence-corrected chi connectivity index (χ4v) is 1.86. The average molecular weight is 242 g/mol. The molecule has 0 aromatic heterocycles. The highest BCUT2D eigenvalue weighted by Gasteiger charge is 2.29. The molecule has 0 saturated heterocycles. The summed E-state index contributed by atoms with van der Waals surface area (Å²) < 4.78 is 5.00. The first-order valence-corrected chi connectivity index (χ1v) is 5.67. The molecule has 0 saturated carbocycles. The number of rotatable bonds is 5. The lowest BCUT2D eigenvalue weighted by Crippen LogP contribution is -2.37. The van der Waals surface area contributed by atoms with Crippen LogP contribution >= 0.6 is 11.8 Å². The van der Waals surface area contributed by atoms with E-state index in [0.29, 0.717) is 0 Å². The lowest BCUT2D eigenvalue weighted by atomic mass is 10.1. The smallest absolute Gasteiger partial charge is 0.336 e. The molecule has 1 rings (SSSR count). The fourth-order valence-electron chi connectivity index (χ4n) is 0.958. The minimum atomic E-state index is -1.70. The van der Waals surface area contributed by atoms with Gasteiger partial charge < -0.3 is 14.9 Å². The molecular formula is C11H14O4S. The van der Waals surface area contributed by atoms with Gasteiger partial charge in [-0.05, 0) is 31.2 Å². The van der Waals surface area contributed by atoms with Gasteiger partial charge in [0.1, 0.15) is 5.75 Å². The van der Waals surface area contributed by atoms with Gasteiger partial charge in [-0.25, -0.2) is 4.79 Å². The van der Waals surface area contributed by atoms with E-state index < -0.39 is 11.6 Å². The normalized spacial score (nSPS) is 14.2. The van der Waals surface area contributed by atoms with Crippen LogP contribution in [0.2, 0.25) is 0 Å². The number of carboxylic acid groups (broad SMARTS) is 1. The Hall–Kier alpha value is -1.20. The first-order valence-electron chi connectivity index (χ1n) is 4.68. The van der Waals surface area contributed by atoms with Crippen molar-refractivity contribution in [1.82, 2.24) is 0 Å². The van der Waals surface area contributed by atoms with Crippen LogP contribution in [0.4, 0.5) is 0 Å². The number of thioether (sulfide) groups is 1. The highest BCUT2D eigenvalue weighted by Crippen LogP contribution is 2.24. The van der Waals surface area contributed by atoms with E-state index in [2.05, 4.69) is 0 Å². The van der Waals surface area contributed by atoms with Crippen molar-refractivity contribution in [1.29, 1.82) is 0 Å². The quantitative estimate of drug-likeness (QED) is 0.768. The number of benzene rings is 1. The molecule has 0 amide bonds. The van der Waals surface area contributed by atoms with Gasteiger partial charge in [0.2, 0.25) is 0 Å². The van der Waals surface area contributed by atoms with Crippen LogP contribution in [0.15, 0.2) is 29.2 Å². The van der Waals surface area contributed by atoms with E-state index in [-0.39, 0.29) is 5.75 Å². The van der Waals surface area contributed by atoms with Crippen LogP contribution in [-0.4, -0.2) is 34.6 Å². The van der Waals surface area contributed by atoms with Gasteiger partial charge in [0.15, 0.2) is 5.60 Å². The molecule has 1 aromatic rings. The van der Waals surface area contributed by atoms with Gasteiger partial charge in [0.05, 0.1) is 7.11 Å². The summed E-state index contributed by atoms with van der Waals surface area (Å²) in [5, 5.41) is 18.2. The Morgan fingerprint density at radius 1 is 1.44 bits per heavy atom. The third-order valence-electron chi connectivity index (χ3n) is 2.04. The second-order valence-corrected chi connectivity index (χ2v) is 4.59. The van der Waals surface area contributed by atoms with E-state index in [9.17, 15) is 9.90 Å². The molecule has 1 aromatic carbocycles. The van der Waals surface area contributed by atoms with Crippen LogP contribution in [-0.2, 0) is 4.79 Å². The molecule has 1 unspecified atom stereocenters. The van der Waals surface area contributed by atoms with Crippen molar-refractivity contribution in [2.45, 2.75) is 17.4 Å². The first kappa shape index (κ1) is 12.9. The molecule has 0 bridgehead atoms. The molecule has 5 heteroatoms. The molecule has 0 aliphatic rings. The van der Waals surface area contributed by atoms with Gasteiger partial charge in [-0.2, -0.15) is 0 Å². The van der Waals surface area contributed by atoms with Gasteiger partial charge in [0, 0.05) is 10.6 Å². The predicted octanol–water partition coefficient (Wildman–Crippen LogP) is 1.62. The molecule has 16 heavy (non-hydrogen) atoms. The van der Waals surface area contributed by atoms with Gasteiger partial charge >= 0.3 is 5.97 Å². The van der Waals surface area contributed by atoms with Crippen molar-refractivity contribution < 1.29 is 19.7 Å². The molecule has 0 spiro atoms. The number of hydrogen-bond donors (Lipinski definition) is 2. The summed E-state index contributed by atoms with van der Waals surface area (Å²) in [5.74, 6) is -0.364. The van der Waals surface area contributed by atoms with E-state index in [1.165, 1.54) is 18.7 Å². The molecule has 1 atom stereocenters. The van der Waals surface area contributed by atoms with E-state index in [4.69, 9.17) is 9.84 Å². The number of methoxy groups -OCH3 is 1. The summed E-state index contributed by atoms with van der Waals surface area (Å²) in [4.78, 5) is 11.6. The summed E-state index contributed by atoms with van der Waals surface area (Å²) in [6, 6.07) is 7.22. The van der Waals surface area contributed by atoms with Gasteiger partial charge in [-0.15, -0.1) is 11.8 Å². The Balaban J connectivity index is 2.58. The molecule has 0 radical (unpaired) electrons. The summed E-state index contributed by atoms with van der Waals surface area (Å²) in [6.07, 6.45) is 0. The van der Waals surface area contributed by atoms with Crippen LogP contribution in [0.5, 0.6) is 5.75 Å². The number of hydrogen-bond acceptors (Lipinski definition) is 4. The van der Waals surface area contributed by atoms with Crippen molar-refractivity contribution in [3.63, 3.8) is 0 Å². The van der Waals surface area contributed by atoms with E-state index in [1.807, 2.05) is 12.1 Å². The molecule has 0 fully saturated rings. The number of carbonyl (C=O) groups is 1. The molecule has 0 heterocycles. The summed E-state index contributed by atoms with van der Waals surface area (Å²) in [5.41, 5.74) is -1.70. The first-order chi connectivity index (χ1) is 7.45. The van der Waals surface area contributed by atoms with Gasteiger partial charge in [-0.1, -0.05) is 0 Å². The highest BCUT2D eigenvalue weighted by molar-refractivity contribution is 7.99. The lowest BCUT2D eigenvalue weighted by Gasteiger charge is -2.16. The predicted molar refractivity (Wildman–Crippen MR) is 62.0 cm³/mol. The number of aliphatic carboxylic acids is 1. The van der Waals surface area contributed by atoms with Crippen LogP contribution in [0.1, 0.15) is 6.92 Å². The van der Waals surface area contributed by atoms with Gasteiger partial charge in [0.25, 0.3) is 0 Å². The summed E-state index contributed by atoms with van der Waals surface area (Å²) >= 11 is 1.29. The summed E-state index contributed by atoms with van der Waals surface area (Å²) in [6.45, 7) is 1.28. The maximum absolute atomic E-state index is 10.7. The highest BCUT2D eigenvalue weighted by atomic mass is 32.2. The Labute approximate surface area is 98.2 Å². The second kappa shape index (κ2) is 5.23. The third-order valence-corrected chi connectivity index (χ3v) is 3.35. The zero-order valence-corrected chi connectivity index (χ0v) is 9.95. The average Bonchev–Trinajstić information content (AvgIpc) is 2.27. The van der Waals surface area contributed by atoms with Crippen LogP contribution in [0, 0.1) is 0 Å². The van der Waals surface area contributed by atoms with E-state index in [1.54, 1.807) is 19.2 Å². The molecule has 88 valence electrons. The maximum atomic E-state index is 10.7. The lowest BCUT2D eigenvalue weighted by molar-refractivity contribution is -0.154. The van der Waals surface area contributed by atoms with Crippen molar-refractivity contribution in [2.24, 2.45) is 0 Å². The summed E-state index contributed by atoms with van der Waals surface area (Å²) in [7, 11) is 1.58. The Morgan fingerprint density at radius 3 is 2.44 bits per heavy atom. The van der Waals surface area contributed by atoms with Crippen LogP contribution < -0.4 is 4.74 Å². The number of carboxylic acids is 1. The number of aliphatic hydroxyl groups is 1. The van der Waals surface area contributed by atoms with Crippen molar-refractivity contribution in [3.8, 4) is 5.75 Å². The molecule has 0 aliphatic heterocycles. The van der Waals surface area contributed by atoms with Crippen LogP contribution in [0.3, 0.4) is 0 Å². The molecule has 2 N–H and O–H groups in total. The zero-order chi connectivity index (χ0) is 12.2. The van der Waals surface area contributed by atoms with Crippen molar-refractivity contribution in [2.75, 3.05) is 12.9 Å². The SMILES string of the molecule is COc1ccc(SCC(C)(O)C(=O)O)cc1. The monoisotopic (exact) mass is 242 g/mol. The van der Waals surface area contributed by atoms with Crippen molar-refractivity contribution in [3.05, 3.63) is 24.3 Å². The minimum Gasteiger partial charge on any atom is -0.497 e. The largest absolute Gasteiger partial charge is 0.497 e. The fraction of sp³-hybridized carbons (Fsp3) is 0.364. The zero-order valence-electron chi connectivity index (χ0n) is 9.14. The third kappa shape index (κ3) is 3.43. The minimum absolute atomic E-state index is 0.106. The maximum Gasteiger partial charge on any atom is 0.336 e. The Morgan fingerprint density at radius 2 is 2.00 bits per heavy atom. The van der Waals surface area contributed by atoms with Crippen LogP contribution in [0.25, 0.3) is 0 Å². The second-order valence-electron chi connectivity index (χ2n) is 3.54. The van der Waals surface area contributed by atoms with Crippen molar-refractivity contribution >= 4 is 17.7 Å². The molecular weight excluding hydrogens is 228 g/mol. The Kier molecular flexibility index (Phi) is 4.20. The topological polar surface area (TPSA) is 66.8 Å². The number of ether oxygens (including phenoxy) is 1.